The minimum Gasteiger partial charge on any atom is -0.454 e. The standard InChI is InChI=1S/C81H50N2O2/c1-3-21-58(22-4-1)82(74-35-17-31-68-65-29-9-13-37-76(65)84-79(68)74)60-25-15-19-51(47-60)53-39-40-55-49-70-67-44-42-56-45-54(41-43-62(56)78(67)81(73(70)50-57(55)46-53)71-33-11-7-27-63(71)64-28-8-12-34-72(64)81)52-20-16-26-61(48-52)83(59-23-5-2-6-24-59)75-36-18-32-69-66-30-10-14-38-77(66)85-80(69)75/h1-50H. The van der Waals surface area contributed by atoms with Gasteiger partial charge in [-0.2, -0.15) is 0 Å². The van der Waals surface area contributed by atoms with E-state index in [-0.39, 0.29) is 0 Å². The summed E-state index contributed by atoms with van der Waals surface area (Å²) < 4.78 is 13.3. The highest BCUT2D eigenvalue weighted by Gasteiger charge is 2.52. The second-order valence-electron chi connectivity index (χ2n) is 22.7. The molecule has 4 nitrogen and oxygen atoms in total. The number of anilines is 6. The lowest BCUT2D eigenvalue weighted by Gasteiger charge is -2.31. The van der Waals surface area contributed by atoms with Crippen molar-refractivity contribution >= 4 is 99.5 Å². The molecular formula is C81H50N2O2. The van der Waals surface area contributed by atoms with Gasteiger partial charge in [-0.1, -0.05) is 206 Å². The van der Waals surface area contributed by atoms with Crippen LogP contribution in [-0.4, -0.2) is 0 Å². The van der Waals surface area contributed by atoms with E-state index in [1.54, 1.807) is 0 Å². The number of furan rings is 2. The molecule has 18 rings (SSSR count). The van der Waals surface area contributed by atoms with Crippen molar-refractivity contribution in [1.29, 1.82) is 0 Å². The molecular weight excluding hydrogens is 1030 g/mol. The highest BCUT2D eigenvalue weighted by molar-refractivity contribution is 6.13. The molecule has 0 fully saturated rings. The highest BCUT2D eigenvalue weighted by atomic mass is 16.3. The monoisotopic (exact) mass is 1080 g/mol. The van der Waals surface area contributed by atoms with Crippen LogP contribution in [-0.2, 0) is 5.41 Å². The molecule has 0 aliphatic heterocycles. The molecule has 14 aromatic carbocycles. The second-order valence-corrected chi connectivity index (χ2v) is 22.7. The maximum atomic E-state index is 6.67. The quantitative estimate of drug-likeness (QED) is 0.152. The van der Waals surface area contributed by atoms with Crippen LogP contribution in [0.3, 0.4) is 0 Å². The summed E-state index contributed by atoms with van der Waals surface area (Å²) in [7, 11) is 0. The lowest BCUT2D eigenvalue weighted by molar-refractivity contribution is 0.668. The van der Waals surface area contributed by atoms with Gasteiger partial charge in [-0.05, 0) is 185 Å². The Labute approximate surface area is 490 Å². The number of para-hydroxylation sites is 6. The topological polar surface area (TPSA) is 32.8 Å². The Hall–Kier alpha value is -11.2. The van der Waals surface area contributed by atoms with Gasteiger partial charge in [-0.3, -0.25) is 0 Å². The van der Waals surface area contributed by atoms with Gasteiger partial charge in [-0.25, -0.2) is 0 Å². The van der Waals surface area contributed by atoms with Crippen molar-refractivity contribution in [2.75, 3.05) is 9.80 Å². The Morgan fingerprint density at radius 1 is 0.247 bits per heavy atom. The normalized spacial score (nSPS) is 12.8. The van der Waals surface area contributed by atoms with Gasteiger partial charge in [0.1, 0.15) is 11.2 Å². The van der Waals surface area contributed by atoms with Gasteiger partial charge in [0.25, 0.3) is 0 Å². The molecule has 2 aliphatic rings. The van der Waals surface area contributed by atoms with Crippen molar-refractivity contribution in [2.24, 2.45) is 0 Å². The predicted molar refractivity (Wildman–Crippen MR) is 353 cm³/mol. The van der Waals surface area contributed by atoms with E-state index in [0.717, 1.165) is 100 Å². The van der Waals surface area contributed by atoms with Gasteiger partial charge < -0.3 is 18.6 Å². The Morgan fingerprint density at radius 3 is 1.29 bits per heavy atom. The van der Waals surface area contributed by atoms with Crippen LogP contribution in [0.4, 0.5) is 34.1 Å². The van der Waals surface area contributed by atoms with Gasteiger partial charge in [0.15, 0.2) is 11.2 Å². The van der Waals surface area contributed by atoms with Crippen LogP contribution in [0.25, 0.3) is 110 Å². The molecule has 0 amide bonds. The summed E-state index contributed by atoms with van der Waals surface area (Å²) in [5.74, 6) is 0. The molecule has 0 saturated heterocycles. The van der Waals surface area contributed by atoms with Crippen LogP contribution in [0.2, 0.25) is 0 Å². The van der Waals surface area contributed by atoms with Crippen molar-refractivity contribution in [2.45, 2.75) is 5.41 Å². The molecule has 1 spiro atoms. The summed E-state index contributed by atoms with van der Waals surface area (Å²) in [4.78, 5) is 4.65. The lowest BCUT2D eigenvalue weighted by atomic mass is 9.69. The molecule has 0 radical (unpaired) electrons. The van der Waals surface area contributed by atoms with Gasteiger partial charge in [0, 0.05) is 44.3 Å². The van der Waals surface area contributed by atoms with Crippen LogP contribution in [0, 0.1) is 0 Å². The molecule has 0 bridgehead atoms. The summed E-state index contributed by atoms with van der Waals surface area (Å²) in [6.07, 6.45) is 0. The molecule has 0 unspecified atom stereocenters. The van der Waals surface area contributed by atoms with Crippen molar-refractivity contribution in [3.05, 3.63) is 326 Å². The van der Waals surface area contributed by atoms with Crippen LogP contribution in [0.15, 0.2) is 312 Å². The number of hydrogen-bond donors (Lipinski definition) is 0. The smallest absolute Gasteiger partial charge is 0.159 e. The Morgan fingerprint density at radius 2 is 0.706 bits per heavy atom. The number of rotatable bonds is 8. The van der Waals surface area contributed by atoms with E-state index < -0.39 is 5.41 Å². The molecule has 4 heteroatoms. The minimum atomic E-state index is -0.565. The average Bonchev–Trinajstić information content (AvgIpc) is 1.56. The molecule has 2 aliphatic carbocycles. The third kappa shape index (κ3) is 7.03. The molecule has 16 aromatic rings. The minimum absolute atomic E-state index is 0.565. The van der Waals surface area contributed by atoms with Crippen LogP contribution >= 0.6 is 0 Å². The van der Waals surface area contributed by atoms with E-state index in [1.165, 1.54) is 66.1 Å². The zero-order valence-electron chi connectivity index (χ0n) is 46.1. The van der Waals surface area contributed by atoms with E-state index in [9.17, 15) is 0 Å². The van der Waals surface area contributed by atoms with E-state index in [1.807, 2.05) is 12.1 Å². The van der Waals surface area contributed by atoms with E-state index >= 15 is 0 Å². The van der Waals surface area contributed by atoms with Crippen molar-refractivity contribution < 1.29 is 8.83 Å². The van der Waals surface area contributed by atoms with Gasteiger partial charge in [0.05, 0.1) is 16.8 Å². The van der Waals surface area contributed by atoms with Gasteiger partial charge in [-0.15, -0.1) is 0 Å². The Balaban J connectivity index is 0.776. The highest BCUT2D eigenvalue weighted by Crippen LogP contribution is 2.65. The Kier molecular flexibility index (Phi) is 10.3. The second kappa shape index (κ2) is 18.4. The number of hydrogen-bond acceptors (Lipinski definition) is 4. The maximum Gasteiger partial charge on any atom is 0.159 e. The lowest BCUT2D eigenvalue weighted by Crippen LogP contribution is -2.26. The molecule has 85 heavy (non-hydrogen) atoms. The van der Waals surface area contributed by atoms with Crippen molar-refractivity contribution in [1.82, 2.24) is 0 Å². The predicted octanol–water partition coefficient (Wildman–Crippen LogP) is 22.4. The SMILES string of the molecule is c1ccc(N(c2cccc(-c3ccc4cc5c(cc4c3)C3(c4ccccc4-c4ccccc43)c3c-5ccc4cc(-c5cccc(N(c6ccccc6)c6cccc7c6oc6ccccc67)c5)ccc34)c2)c2cccc3c2oc2ccccc23)cc1. The summed E-state index contributed by atoms with van der Waals surface area (Å²) in [5.41, 5.74) is 24.1. The summed E-state index contributed by atoms with van der Waals surface area (Å²) in [5, 5.41) is 9.29. The first-order valence-corrected chi connectivity index (χ1v) is 29.2. The molecule has 0 N–H and O–H groups in total. The first-order valence-electron chi connectivity index (χ1n) is 29.2. The number of fused-ring (bicyclic) bond motifs is 19. The average molecular weight is 1080 g/mol. The summed E-state index contributed by atoms with van der Waals surface area (Å²) in [6, 6.07) is 111. The van der Waals surface area contributed by atoms with Crippen LogP contribution < -0.4 is 9.80 Å². The first kappa shape index (κ1) is 47.4. The fraction of sp³-hybridized carbons (Fsp3) is 0.0123. The van der Waals surface area contributed by atoms with E-state index in [2.05, 4.69) is 301 Å². The van der Waals surface area contributed by atoms with Gasteiger partial charge >= 0.3 is 0 Å². The zero-order valence-corrected chi connectivity index (χ0v) is 46.1. The largest absolute Gasteiger partial charge is 0.454 e. The summed E-state index contributed by atoms with van der Waals surface area (Å²) in [6.45, 7) is 0. The molecule has 396 valence electrons. The fourth-order valence-electron chi connectivity index (χ4n) is 14.6. The third-order valence-electron chi connectivity index (χ3n) is 18.2. The Bertz CT molecular complexity index is 5360. The number of nitrogens with zero attached hydrogens (tertiary/aromatic N) is 2. The fourth-order valence-corrected chi connectivity index (χ4v) is 14.6. The van der Waals surface area contributed by atoms with Crippen molar-refractivity contribution in [3.8, 4) is 44.5 Å². The maximum absolute atomic E-state index is 6.67. The van der Waals surface area contributed by atoms with Crippen molar-refractivity contribution in [3.63, 3.8) is 0 Å². The molecule has 0 atom stereocenters. The van der Waals surface area contributed by atoms with Crippen LogP contribution in [0.5, 0.6) is 0 Å². The van der Waals surface area contributed by atoms with Gasteiger partial charge in [0.2, 0.25) is 0 Å². The summed E-state index contributed by atoms with van der Waals surface area (Å²) >= 11 is 0. The zero-order chi connectivity index (χ0) is 55.7. The first-order chi connectivity index (χ1) is 42.1. The number of benzene rings is 14. The van der Waals surface area contributed by atoms with Crippen LogP contribution in [0.1, 0.15) is 22.3 Å². The molecule has 2 aromatic heterocycles. The van der Waals surface area contributed by atoms with E-state index in [0.29, 0.717) is 0 Å². The third-order valence-corrected chi connectivity index (χ3v) is 18.2. The van der Waals surface area contributed by atoms with E-state index in [4.69, 9.17) is 8.83 Å². The molecule has 2 heterocycles. The molecule has 0 saturated carbocycles.